The lowest BCUT2D eigenvalue weighted by Gasteiger charge is -2.18. The van der Waals surface area contributed by atoms with Gasteiger partial charge >= 0.3 is 0 Å². The van der Waals surface area contributed by atoms with Crippen molar-refractivity contribution in [1.29, 1.82) is 0 Å². The minimum atomic E-state index is -0.0951. The molecule has 1 rings (SSSR count). The highest BCUT2D eigenvalue weighted by molar-refractivity contribution is 5.14. The number of ether oxygens (including phenoxy) is 2. The molecule has 2 nitrogen and oxygen atoms in total. The minimum Gasteiger partial charge on any atom is -0.352 e. The fourth-order valence-corrected chi connectivity index (χ4v) is 1.47. The van der Waals surface area contributed by atoms with Gasteiger partial charge < -0.3 is 9.47 Å². The van der Waals surface area contributed by atoms with Crippen molar-refractivity contribution in [2.45, 2.75) is 39.4 Å². The Morgan fingerprint density at radius 2 is 1.50 bits per heavy atom. The van der Waals surface area contributed by atoms with Gasteiger partial charge in [0.2, 0.25) is 0 Å². The molecule has 0 spiro atoms. The largest absolute Gasteiger partial charge is 0.352 e. The van der Waals surface area contributed by atoms with E-state index in [2.05, 4.69) is 26.0 Å². The molecule has 0 fully saturated rings. The first-order chi connectivity index (χ1) is 7.86. The molecule has 1 aromatic rings. The first-order valence-electron chi connectivity index (χ1n) is 6.14. The molecule has 0 radical (unpaired) electrons. The summed E-state index contributed by atoms with van der Waals surface area (Å²) in [4.78, 5) is 0. The molecule has 0 aromatic heterocycles. The summed E-state index contributed by atoms with van der Waals surface area (Å²) < 4.78 is 11.4. The second kappa shape index (κ2) is 8.31. The Bertz CT molecular complexity index is 251. The van der Waals surface area contributed by atoms with E-state index < -0.39 is 0 Å². The summed E-state index contributed by atoms with van der Waals surface area (Å²) in [6, 6.07) is 10.3. The fourth-order valence-electron chi connectivity index (χ4n) is 1.47. The molecule has 0 N–H and O–H groups in total. The lowest BCUT2D eigenvalue weighted by Crippen LogP contribution is -2.21. The van der Waals surface area contributed by atoms with Crippen molar-refractivity contribution in [2.75, 3.05) is 13.2 Å². The number of rotatable bonds is 8. The van der Waals surface area contributed by atoms with Crippen molar-refractivity contribution in [3.05, 3.63) is 35.9 Å². The molecule has 0 atom stereocenters. The van der Waals surface area contributed by atoms with Crippen molar-refractivity contribution < 1.29 is 9.47 Å². The molecule has 0 saturated heterocycles. The fraction of sp³-hybridized carbons (Fsp3) is 0.571. The Morgan fingerprint density at radius 1 is 0.938 bits per heavy atom. The molecule has 0 aliphatic rings. The lowest BCUT2D eigenvalue weighted by atomic mass is 10.1. The highest BCUT2D eigenvalue weighted by Gasteiger charge is 2.09. The van der Waals surface area contributed by atoms with Crippen LogP contribution in [0.4, 0.5) is 0 Å². The lowest BCUT2D eigenvalue weighted by molar-refractivity contribution is -0.141. The van der Waals surface area contributed by atoms with E-state index in [0.29, 0.717) is 0 Å². The maximum absolute atomic E-state index is 5.68. The van der Waals surface area contributed by atoms with Crippen LogP contribution in [0.1, 0.15) is 32.3 Å². The summed E-state index contributed by atoms with van der Waals surface area (Å²) in [5.41, 5.74) is 1.26. The molecule has 16 heavy (non-hydrogen) atoms. The van der Waals surface area contributed by atoms with Gasteiger partial charge in [-0.3, -0.25) is 0 Å². The number of hydrogen-bond acceptors (Lipinski definition) is 2. The molecule has 2 heteroatoms. The van der Waals surface area contributed by atoms with Gasteiger partial charge in [0, 0.05) is 19.6 Å². The summed E-state index contributed by atoms with van der Waals surface area (Å²) in [7, 11) is 0. The Balaban J connectivity index is 2.42. The zero-order valence-corrected chi connectivity index (χ0v) is 10.3. The zero-order chi connectivity index (χ0) is 11.6. The van der Waals surface area contributed by atoms with Crippen LogP contribution in [0.3, 0.4) is 0 Å². The molecular formula is C14H22O2. The summed E-state index contributed by atoms with van der Waals surface area (Å²) in [5.74, 6) is 0. The van der Waals surface area contributed by atoms with Crippen LogP contribution in [0.2, 0.25) is 0 Å². The number of benzene rings is 1. The van der Waals surface area contributed by atoms with Crippen LogP contribution in [0.25, 0.3) is 0 Å². The standard InChI is InChI=1S/C14H22O2/c1-3-10-15-14(16-11-4-2)12-13-8-6-5-7-9-13/h5-9,14H,3-4,10-12H2,1-2H3. The number of hydrogen-bond donors (Lipinski definition) is 0. The summed E-state index contributed by atoms with van der Waals surface area (Å²) in [6.45, 7) is 5.75. The monoisotopic (exact) mass is 222 g/mol. The third kappa shape index (κ3) is 5.29. The van der Waals surface area contributed by atoms with E-state index in [-0.39, 0.29) is 6.29 Å². The first-order valence-corrected chi connectivity index (χ1v) is 6.14. The Morgan fingerprint density at radius 3 is 2.00 bits per heavy atom. The molecule has 0 aliphatic heterocycles. The summed E-state index contributed by atoms with van der Waals surface area (Å²) in [6.07, 6.45) is 2.80. The van der Waals surface area contributed by atoms with Gasteiger partial charge in [-0.2, -0.15) is 0 Å². The Hall–Kier alpha value is -0.860. The topological polar surface area (TPSA) is 18.5 Å². The smallest absolute Gasteiger partial charge is 0.161 e. The van der Waals surface area contributed by atoms with Gasteiger partial charge in [-0.15, -0.1) is 0 Å². The average molecular weight is 222 g/mol. The van der Waals surface area contributed by atoms with E-state index in [9.17, 15) is 0 Å². The molecule has 0 amide bonds. The van der Waals surface area contributed by atoms with Crippen molar-refractivity contribution in [3.63, 3.8) is 0 Å². The van der Waals surface area contributed by atoms with Crippen LogP contribution in [-0.2, 0) is 15.9 Å². The van der Waals surface area contributed by atoms with Gasteiger partial charge in [0.05, 0.1) is 0 Å². The zero-order valence-electron chi connectivity index (χ0n) is 10.3. The maximum Gasteiger partial charge on any atom is 0.161 e. The van der Waals surface area contributed by atoms with E-state index >= 15 is 0 Å². The minimum absolute atomic E-state index is 0.0951. The van der Waals surface area contributed by atoms with Gasteiger partial charge in [-0.05, 0) is 18.4 Å². The predicted molar refractivity (Wildman–Crippen MR) is 66.4 cm³/mol. The van der Waals surface area contributed by atoms with Crippen LogP contribution >= 0.6 is 0 Å². The molecule has 0 aliphatic carbocycles. The van der Waals surface area contributed by atoms with Gasteiger partial charge in [0.15, 0.2) is 6.29 Å². The van der Waals surface area contributed by atoms with E-state index in [0.717, 1.165) is 32.5 Å². The molecule has 0 heterocycles. The van der Waals surface area contributed by atoms with Crippen molar-refractivity contribution >= 4 is 0 Å². The highest BCUT2D eigenvalue weighted by atomic mass is 16.7. The van der Waals surface area contributed by atoms with Crippen molar-refractivity contribution in [2.24, 2.45) is 0 Å². The highest BCUT2D eigenvalue weighted by Crippen LogP contribution is 2.08. The summed E-state index contributed by atoms with van der Waals surface area (Å²) in [5, 5.41) is 0. The van der Waals surface area contributed by atoms with Gasteiger partial charge in [-0.25, -0.2) is 0 Å². The normalized spacial score (nSPS) is 10.9. The maximum atomic E-state index is 5.68. The Labute approximate surface area is 98.6 Å². The molecule has 0 bridgehead atoms. The average Bonchev–Trinajstić information content (AvgIpc) is 2.34. The SMILES string of the molecule is CCCOC(Cc1ccccc1)OCCC. The van der Waals surface area contributed by atoms with Crippen LogP contribution < -0.4 is 0 Å². The van der Waals surface area contributed by atoms with E-state index in [1.54, 1.807) is 0 Å². The second-order valence-corrected chi connectivity index (χ2v) is 3.86. The molecule has 1 aromatic carbocycles. The van der Waals surface area contributed by atoms with Crippen molar-refractivity contribution in [3.8, 4) is 0 Å². The van der Waals surface area contributed by atoms with Crippen LogP contribution in [0.15, 0.2) is 30.3 Å². The molecule has 90 valence electrons. The van der Waals surface area contributed by atoms with E-state index in [1.165, 1.54) is 5.56 Å². The van der Waals surface area contributed by atoms with E-state index in [1.807, 2.05) is 18.2 Å². The second-order valence-electron chi connectivity index (χ2n) is 3.86. The van der Waals surface area contributed by atoms with Gasteiger partial charge in [0.1, 0.15) is 0 Å². The van der Waals surface area contributed by atoms with Crippen LogP contribution in [0.5, 0.6) is 0 Å². The third-order valence-corrected chi connectivity index (χ3v) is 2.26. The first kappa shape index (κ1) is 13.2. The van der Waals surface area contributed by atoms with Crippen LogP contribution in [0, 0.1) is 0 Å². The quantitative estimate of drug-likeness (QED) is 0.627. The summed E-state index contributed by atoms with van der Waals surface area (Å²) >= 11 is 0. The molecular weight excluding hydrogens is 200 g/mol. The van der Waals surface area contributed by atoms with Gasteiger partial charge in [0.25, 0.3) is 0 Å². The third-order valence-electron chi connectivity index (χ3n) is 2.26. The van der Waals surface area contributed by atoms with Gasteiger partial charge in [-0.1, -0.05) is 44.2 Å². The predicted octanol–water partition coefficient (Wildman–Crippen LogP) is 3.41. The van der Waals surface area contributed by atoms with E-state index in [4.69, 9.17) is 9.47 Å². The van der Waals surface area contributed by atoms with Crippen molar-refractivity contribution in [1.82, 2.24) is 0 Å². The Kier molecular flexibility index (Phi) is 6.86. The molecule has 0 unspecified atom stereocenters. The molecule has 0 saturated carbocycles. The van der Waals surface area contributed by atoms with Crippen LogP contribution in [-0.4, -0.2) is 19.5 Å².